The maximum atomic E-state index is 11.8. The molecule has 134 valence electrons. The number of nitrogens with zero attached hydrogens (tertiary/aromatic N) is 2. The van der Waals surface area contributed by atoms with Gasteiger partial charge in [0.05, 0.1) is 17.2 Å². The van der Waals surface area contributed by atoms with E-state index in [-0.39, 0.29) is 11.4 Å². The summed E-state index contributed by atoms with van der Waals surface area (Å²) in [6.45, 7) is 0.275. The van der Waals surface area contributed by atoms with E-state index < -0.39 is 20.4 Å². The SMILES string of the molecule is CS(=O)(=O)c1cc(NCc2coc(-c3ccccc3)n2)ccc1[N+](=O)[O-]. The summed E-state index contributed by atoms with van der Waals surface area (Å²) in [5, 5.41) is 14.0. The van der Waals surface area contributed by atoms with Crippen molar-refractivity contribution < 1.29 is 17.8 Å². The number of oxazole rings is 1. The Morgan fingerprint density at radius 3 is 2.58 bits per heavy atom. The second-order valence-corrected chi connectivity index (χ2v) is 7.56. The lowest BCUT2D eigenvalue weighted by molar-refractivity contribution is -0.387. The Morgan fingerprint density at radius 2 is 1.92 bits per heavy atom. The van der Waals surface area contributed by atoms with Crippen molar-refractivity contribution in [3.8, 4) is 11.5 Å². The van der Waals surface area contributed by atoms with Crippen LogP contribution in [0.25, 0.3) is 11.5 Å². The van der Waals surface area contributed by atoms with E-state index in [0.29, 0.717) is 17.3 Å². The molecule has 0 aliphatic heterocycles. The van der Waals surface area contributed by atoms with E-state index in [9.17, 15) is 18.5 Å². The Labute approximate surface area is 149 Å². The molecule has 26 heavy (non-hydrogen) atoms. The summed E-state index contributed by atoms with van der Waals surface area (Å²) in [7, 11) is -3.73. The maximum Gasteiger partial charge on any atom is 0.288 e. The molecule has 3 rings (SSSR count). The lowest BCUT2D eigenvalue weighted by Gasteiger charge is -2.07. The summed E-state index contributed by atoms with van der Waals surface area (Å²) < 4.78 is 29.0. The van der Waals surface area contributed by atoms with Crippen molar-refractivity contribution in [3.05, 3.63) is 70.6 Å². The predicted octanol–water partition coefficient (Wildman–Crippen LogP) is 3.27. The van der Waals surface area contributed by atoms with Crippen LogP contribution in [-0.4, -0.2) is 24.6 Å². The van der Waals surface area contributed by atoms with Gasteiger partial charge in [0.1, 0.15) is 11.2 Å². The number of nitrogens with one attached hydrogen (secondary N) is 1. The lowest BCUT2D eigenvalue weighted by atomic mass is 10.2. The molecule has 0 amide bonds. The molecule has 0 radical (unpaired) electrons. The van der Waals surface area contributed by atoms with Gasteiger partial charge in [0.2, 0.25) is 5.89 Å². The Morgan fingerprint density at radius 1 is 1.19 bits per heavy atom. The summed E-state index contributed by atoms with van der Waals surface area (Å²) >= 11 is 0. The molecule has 0 bridgehead atoms. The van der Waals surface area contributed by atoms with E-state index in [4.69, 9.17) is 4.42 Å². The fraction of sp³-hybridized carbons (Fsp3) is 0.118. The number of nitro benzene ring substituents is 1. The standard InChI is InChI=1S/C17H15N3O5S/c1-26(23,24)16-9-13(7-8-15(16)20(21)22)18-10-14-11-25-17(19-14)12-5-3-2-4-6-12/h2-9,11,18H,10H2,1H3. The van der Waals surface area contributed by atoms with Gasteiger partial charge in [-0.05, 0) is 24.3 Å². The third-order valence-corrected chi connectivity index (χ3v) is 4.73. The molecule has 0 aliphatic carbocycles. The first-order valence-corrected chi connectivity index (χ1v) is 9.46. The van der Waals surface area contributed by atoms with Crippen molar-refractivity contribution in [1.82, 2.24) is 4.98 Å². The number of benzene rings is 2. The van der Waals surface area contributed by atoms with Crippen LogP contribution >= 0.6 is 0 Å². The minimum absolute atomic E-state index is 0.275. The molecule has 0 fully saturated rings. The van der Waals surface area contributed by atoms with Crippen molar-refractivity contribution >= 4 is 21.2 Å². The zero-order valence-corrected chi connectivity index (χ0v) is 14.6. The molecule has 0 aliphatic rings. The zero-order chi connectivity index (χ0) is 18.7. The van der Waals surface area contributed by atoms with Crippen LogP contribution in [0.1, 0.15) is 5.69 Å². The van der Waals surface area contributed by atoms with Crippen molar-refractivity contribution in [2.24, 2.45) is 0 Å². The minimum atomic E-state index is -3.73. The van der Waals surface area contributed by atoms with E-state index in [1.807, 2.05) is 30.3 Å². The molecule has 0 spiro atoms. The van der Waals surface area contributed by atoms with Gasteiger partial charge in [0, 0.05) is 23.6 Å². The van der Waals surface area contributed by atoms with Crippen LogP contribution in [0, 0.1) is 10.1 Å². The molecule has 0 saturated carbocycles. The van der Waals surface area contributed by atoms with Crippen LogP contribution in [0.4, 0.5) is 11.4 Å². The third kappa shape index (κ3) is 3.89. The number of rotatable bonds is 6. The first kappa shape index (κ1) is 17.6. The van der Waals surface area contributed by atoms with E-state index in [1.165, 1.54) is 18.4 Å². The van der Waals surface area contributed by atoms with Crippen LogP contribution in [0.3, 0.4) is 0 Å². The highest BCUT2D eigenvalue weighted by Gasteiger charge is 2.22. The van der Waals surface area contributed by atoms with Gasteiger partial charge >= 0.3 is 0 Å². The quantitative estimate of drug-likeness (QED) is 0.521. The highest BCUT2D eigenvalue weighted by Crippen LogP contribution is 2.27. The number of sulfone groups is 1. The van der Waals surface area contributed by atoms with Crippen LogP contribution in [0.2, 0.25) is 0 Å². The number of anilines is 1. The van der Waals surface area contributed by atoms with Crippen LogP contribution in [0.5, 0.6) is 0 Å². The van der Waals surface area contributed by atoms with Gasteiger partial charge in [-0.15, -0.1) is 0 Å². The van der Waals surface area contributed by atoms with E-state index in [0.717, 1.165) is 17.9 Å². The van der Waals surface area contributed by atoms with E-state index in [1.54, 1.807) is 0 Å². The minimum Gasteiger partial charge on any atom is -0.444 e. The molecular formula is C17H15N3O5S. The Kier molecular flexibility index (Phi) is 4.72. The summed E-state index contributed by atoms with van der Waals surface area (Å²) in [6, 6.07) is 13.2. The van der Waals surface area contributed by atoms with Gasteiger partial charge in [-0.1, -0.05) is 18.2 Å². The molecule has 1 heterocycles. The molecule has 0 unspecified atom stereocenters. The molecule has 0 saturated heterocycles. The van der Waals surface area contributed by atoms with Crippen molar-refractivity contribution in [1.29, 1.82) is 0 Å². The van der Waals surface area contributed by atoms with Crippen molar-refractivity contribution in [3.63, 3.8) is 0 Å². The Hall–Kier alpha value is -3.20. The molecule has 1 aromatic heterocycles. The molecule has 3 aromatic rings. The predicted molar refractivity (Wildman–Crippen MR) is 95.5 cm³/mol. The molecular weight excluding hydrogens is 358 g/mol. The molecule has 8 nitrogen and oxygen atoms in total. The van der Waals surface area contributed by atoms with Gasteiger partial charge in [-0.25, -0.2) is 13.4 Å². The fourth-order valence-corrected chi connectivity index (χ4v) is 3.23. The fourth-order valence-electron chi connectivity index (χ4n) is 2.37. The molecule has 9 heteroatoms. The van der Waals surface area contributed by atoms with Crippen LogP contribution in [0.15, 0.2) is 64.1 Å². The summed E-state index contributed by atoms with van der Waals surface area (Å²) in [5.74, 6) is 0.475. The Balaban J connectivity index is 1.78. The van der Waals surface area contributed by atoms with Gasteiger partial charge in [0.15, 0.2) is 9.84 Å². The van der Waals surface area contributed by atoms with Crippen molar-refractivity contribution in [2.45, 2.75) is 11.4 Å². The maximum absolute atomic E-state index is 11.8. The molecule has 1 N–H and O–H groups in total. The molecule has 0 atom stereocenters. The van der Waals surface area contributed by atoms with Crippen molar-refractivity contribution in [2.75, 3.05) is 11.6 Å². The largest absolute Gasteiger partial charge is 0.444 e. The summed E-state index contributed by atoms with van der Waals surface area (Å²) in [5.41, 5.74) is 1.43. The monoisotopic (exact) mass is 373 g/mol. The number of hydrogen-bond donors (Lipinski definition) is 1. The zero-order valence-electron chi connectivity index (χ0n) is 13.7. The molecule has 2 aromatic carbocycles. The lowest BCUT2D eigenvalue weighted by Crippen LogP contribution is -2.05. The third-order valence-electron chi connectivity index (χ3n) is 3.60. The van der Waals surface area contributed by atoms with E-state index >= 15 is 0 Å². The topological polar surface area (TPSA) is 115 Å². The smallest absolute Gasteiger partial charge is 0.288 e. The summed E-state index contributed by atoms with van der Waals surface area (Å²) in [6.07, 6.45) is 2.43. The highest BCUT2D eigenvalue weighted by molar-refractivity contribution is 7.90. The Bertz CT molecular complexity index is 1050. The second-order valence-electron chi connectivity index (χ2n) is 5.58. The second kappa shape index (κ2) is 6.96. The van der Waals surface area contributed by atoms with Crippen LogP contribution in [-0.2, 0) is 16.4 Å². The van der Waals surface area contributed by atoms with Gasteiger partial charge in [-0.2, -0.15) is 0 Å². The van der Waals surface area contributed by atoms with Gasteiger partial charge < -0.3 is 9.73 Å². The average molecular weight is 373 g/mol. The summed E-state index contributed by atoms with van der Waals surface area (Å²) in [4.78, 5) is 14.3. The van der Waals surface area contributed by atoms with Gasteiger partial charge in [0.25, 0.3) is 5.69 Å². The normalized spacial score (nSPS) is 11.3. The highest BCUT2D eigenvalue weighted by atomic mass is 32.2. The first-order chi connectivity index (χ1) is 12.3. The van der Waals surface area contributed by atoms with E-state index in [2.05, 4.69) is 10.3 Å². The number of nitro groups is 1. The number of aromatic nitrogens is 1. The van der Waals surface area contributed by atoms with Crippen LogP contribution < -0.4 is 5.32 Å². The first-order valence-electron chi connectivity index (χ1n) is 7.57. The van der Waals surface area contributed by atoms with Gasteiger partial charge in [-0.3, -0.25) is 10.1 Å². The number of hydrogen-bond acceptors (Lipinski definition) is 7. The average Bonchev–Trinajstić information content (AvgIpc) is 3.08.